The van der Waals surface area contributed by atoms with E-state index >= 15 is 0 Å². The Kier molecular flexibility index (Phi) is 5.67. The zero-order chi connectivity index (χ0) is 11.1. The summed E-state index contributed by atoms with van der Waals surface area (Å²) in [5.74, 6) is 0.209. The molecular formula is C12H22N2O. The van der Waals surface area contributed by atoms with Gasteiger partial charge in [0.1, 0.15) is 0 Å². The summed E-state index contributed by atoms with van der Waals surface area (Å²) in [6, 6.07) is 3.21. The van der Waals surface area contributed by atoms with Gasteiger partial charge in [-0.2, -0.15) is 5.26 Å². The van der Waals surface area contributed by atoms with E-state index in [0.717, 1.165) is 32.3 Å². The lowest BCUT2D eigenvalue weighted by Gasteiger charge is -2.23. The van der Waals surface area contributed by atoms with Gasteiger partial charge in [-0.25, -0.2) is 0 Å². The first-order chi connectivity index (χ1) is 7.31. The van der Waals surface area contributed by atoms with Crippen LogP contribution in [-0.4, -0.2) is 25.8 Å². The number of hydrogen-bond acceptors (Lipinski definition) is 3. The summed E-state index contributed by atoms with van der Waals surface area (Å²) in [4.78, 5) is 0. The molecule has 1 aliphatic carbocycles. The van der Waals surface area contributed by atoms with Gasteiger partial charge in [0.05, 0.1) is 18.6 Å². The molecule has 0 aliphatic heterocycles. The molecular weight excluding hydrogens is 188 g/mol. The second-order valence-corrected chi connectivity index (χ2v) is 4.38. The first-order valence-corrected chi connectivity index (χ1v) is 5.96. The third-order valence-electron chi connectivity index (χ3n) is 3.14. The van der Waals surface area contributed by atoms with E-state index in [4.69, 9.17) is 10.00 Å². The van der Waals surface area contributed by atoms with Crippen molar-refractivity contribution < 1.29 is 4.74 Å². The molecule has 1 aliphatic rings. The van der Waals surface area contributed by atoms with Crippen molar-refractivity contribution in [2.45, 2.75) is 51.1 Å². The Hall–Kier alpha value is -0.590. The number of nitriles is 1. The van der Waals surface area contributed by atoms with Gasteiger partial charge in [-0.1, -0.05) is 19.8 Å². The third kappa shape index (κ3) is 3.81. The van der Waals surface area contributed by atoms with Crippen LogP contribution in [0.4, 0.5) is 0 Å². The number of rotatable bonds is 6. The van der Waals surface area contributed by atoms with E-state index in [1.807, 2.05) is 0 Å². The zero-order valence-electron chi connectivity index (χ0n) is 9.83. The fourth-order valence-corrected chi connectivity index (χ4v) is 2.38. The first kappa shape index (κ1) is 12.5. The monoisotopic (exact) mass is 210 g/mol. The Bertz CT molecular complexity index is 206. The predicted molar refractivity (Wildman–Crippen MR) is 60.4 cm³/mol. The highest BCUT2D eigenvalue weighted by molar-refractivity contribution is 4.97. The van der Waals surface area contributed by atoms with Gasteiger partial charge in [0.15, 0.2) is 0 Å². The summed E-state index contributed by atoms with van der Waals surface area (Å²) >= 11 is 0. The summed E-state index contributed by atoms with van der Waals surface area (Å²) in [6.07, 6.45) is 5.66. The molecule has 86 valence electrons. The number of hydrogen-bond donors (Lipinski definition) is 1. The van der Waals surface area contributed by atoms with Crippen LogP contribution in [0.1, 0.15) is 39.0 Å². The fourth-order valence-electron chi connectivity index (χ4n) is 2.38. The first-order valence-electron chi connectivity index (χ1n) is 5.96. The quantitative estimate of drug-likeness (QED) is 0.730. The van der Waals surface area contributed by atoms with E-state index in [2.05, 4.69) is 18.3 Å². The molecule has 0 saturated heterocycles. The van der Waals surface area contributed by atoms with Gasteiger partial charge in [-0.15, -0.1) is 0 Å². The van der Waals surface area contributed by atoms with Gasteiger partial charge in [0, 0.05) is 19.2 Å². The van der Waals surface area contributed by atoms with Crippen LogP contribution in [0.5, 0.6) is 0 Å². The van der Waals surface area contributed by atoms with Gasteiger partial charge in [0.2, 0.25) is 0 Å². The zero-order valence-corrected chi connectivity index (χ0v) is 9.83. The minimum Gasteiger partial charge on any atom is -0.383 e. The Morgan fingerprint density at radius 1 is 1.53 bits per heavy atom. The summed E-state index contributed by atoms with van der Waals surface area (Å²) in [5, 5.41) is 12.6. The molecule has 3 heteroatoms. The summed E-state index contributed by atoms with van der Waals surface area (Å²) in [6.45, 7) is 2.93. The molecule has 0 heterocycles. The van der Waals surface area contributed by atoms with Crippen LogP contribution in [0, 0.1) is 17.2 Å². The lowest BCUT2D eigenvalue weighted by molar-refractivity contribution is 0.154. The van der Waals surface area contributed by atoms with E-state index in [9.17, 15) is 0 Å². The van der Waals surface area contributed by atoms with E-state index in [-0.39, 0.29) is 5.92 Å². The molecule has 0 radical (unpaired) electrons. The van der Waals surface area contributed by atoms with Crippen molar-refractivity contribution in [1.82, 2.24) is 5.32 Å². The van der Waals surface area contributed by atoms with Crippen LogP contribution in [0.15, 0.2) is 0 Å². The number of nitrogens with one attached hydrogen (secondary N) is 1. The molecule has 15 heavy (non-hydrogen) atoms. The maximum atomic E-state index is 8.99. The summed E-state index contributed by atoms with van der Waals surface area (Å²) < 4.78 is 5.19. The van der Waals surface area contributed by atoms with Crippen LogP contribution < -0.4 is 5.32 Å². The SMILES string of the molecule is CCCC(COC)NC1CCCC1C#N. The molecule has 3 nitrogen and oxygen atoms in total. The molecule has 1 N–H and O–H groups in total. The Morgan fingerprint density at radius 3 is 2.93 bits per heavy atom. The van der Waals surface area contributed by atoms with Crippen LogP contribution in [0.25, 0.3) is 0 Å². The number of methoxy groups -OCH3 is 1. The highest BCUT2D eigenvalue weighted by atomic mass is 16.5. The van der Waals surface area contributed by atoms with E-state index in [1.54, 1.807) is 7.11 Å². The molecule has 1 fully saturated rings. The Morgan fingerprint density at radius 2 is 2.33 bits per heavy atom. The normalized spacial score (nSPS) is 27.5. The van der Waals surface area contributed by atoms with Gasteiger partial charge in [0.25, 0.3) is 0 Å². The van der Waals surface area contributed by atoms with E-state index in [1.165, 1.54) is 6.42 Å². The van der Waals surface area contributed by atoms with Gasteiger partial charge < -0.3 is 10.1 Å². The largest absolute Gasteiger partial charge is 0.383 e. The van der Waals surface area contributed by atoms with Gasteiger partial charge in [-0.3, -0.25) is 0 Å². The highest BCUT2D eigenvalue weighted by Gasteiger charge is 2.28. The molecule has 1 rings (SSSR count). The second kappa shape index (κ2) is 6.81. The molecule has 0 spiro atoms. The molecule has 1 saturated carbocycles. The number of nitrogens with zero attached hydrogens (tertiary/aromatic N) is 1. The van der Waals surface area contributed by atoms with Crippen molar-refractivity contribution in [2.24, 2.45) is 5.92 Å². The average molecular weight is 210 g/mol. The molecule has 3 unspecified atom stereocenters. The van der Waals surface area contributed by atoms with Gasteiger partial charge >= 0.3 is 0 Å². The van der Waals surface area contributed by atoms with E-state index < -0.39 is 0 Å². The van der Waals surface area contributed by atoms with Crippen LogP contribution in [0.2, 0.25) is 0 Å². The molecule has 0 amide bonds. The molecule has 3 atom stereocenters. The summed E-state index contributed by atoms with van der Waals surface area (Å²) in [5.41, 5.74) is 0. The standard InChI is InChI=1S/C12H22N2O/c1-3-5-11(9-15-2)14-12-7-4-6-10(12)8-13/h10-12,14H,3-7,9H2,1-2H3. The smallest absolute Gasteiger partial charge is 0.0672 e. The van der Waals surface area contributed by atoms with Crippen LogP contribution in [-0.2, 0) is 4.74 Å². The second-order valence-electron chi connectivity index (χ2n) is 4.38. The van der Waals surface area contributed by atoms with Crippen molar-refractivity contribution in [3.63, 3.8) is 0 Å². The molecule has 0 aromatic heterocycles. The Labute approximate surface area is 92.8 Å². The maximum Gasteiger partial charge on any atom is 0.0672 e. The van der Waals surface area contributed by atoms with Crippen molar-refractivity contribution in [3.05, 3.63) is 0 Å². The average Bonchev–Trinajstić information content (AvgIpc) is 2.66. The summed E-state index contributed by atoms with van der Waals surface area (Å²) in [7, 11) is 1.74. The molecule has 0 aromatic rings. The third-order valence-corrected chi connectivity index (χ3v) is 3.14. The predicted octanol–water partition coefficient (Wildman–Crippen LogP) is 2.08. The lowest BCUT2D eigenvalue weighted by Crippen LogP contribution is -2.42. The van der Waals surface area contributed by atoms with Crippen molar-refractivity contribution >= 4 is 0 Å². The van der Waals surface area contributed by atoms with Gasteiger partial charge in [-0.05, 0) is 19.3 Å². The minimum atomic E-state index is 0.209. The number of ether oxygens (including phenoxy) is 1. The van der Waals surface area contributed by atoms with Crippen molar-refractivity contribution in [1.29, 1.82) is 5.26 Å². The Balaban J connectivity index is 2.39. The topological polar surface area (TPSA) is 45.0 Å². The fraction of sp³-hybridized carbons (Fsp3) is 0.917. The van der Waals surface area contributed by atoms with Crippen molar-refractivity contribution in [2.75, 3.05) is 13.7 Å². The molecule has 0 aromatic carbocycles. The molecule has 0 bridgehead atoms. The minimum absolute atomic E-state index is 0.209. The van der Waals surface area contributed by atoms with Crippen LogP contribution in [0.3, 0.4) is 0 Å². The van der Waals surface area contributed by atoms with E-state index in [0.29, 0.717) is 12.1 Å². The lowest BCUT2D eigenvalue weighted by atomic mass is 10.0. The maximum absolute atomic E-state index is 8.99. The van der Waals surface area contributed by atoms with Crippen LogP contribution >= 0.6 is 0 Å². The highest BCUT2D eigenvalue weighted by Crippen LogP contribution is 2.25. The van der Waals surface area contributed by atoms with Crippen molar-refractivity contribution in [3.8, 4) is 6.07 Å².